The molecule has 1 saturated heterocycles. The summed E-state index contributed by atoms with van der Waals surface area (Å²) in [5, 5.41) is 8.94. The van der Waals surface area contributed by atoms with Crippen molar-refractivity contribution in [2.24, 2.45) is 5.92 Å². The van der Waals surface area contributed by atoms with E-state index in [1.807, 2.05) is 11.0 Å². The molecule has 0 N–H and O–H groups in total. The van der Waals surface area contributed by atoms with Crippen LogP contribution in [0.3, 0.4) is 0 Å². The van der Waals surface area contributed by atoms with Gasteiger partial charge in [-0.1, -0.05) is 19.4 Å². The molecule has 0 bridgehead atoms. The summed E-state index contributed by atoms with van der Waals surface area (Å²) in [4.78, 5) is 17.6. The monoisotopic (exact) mass is 229 g/mol. The number of carbonyl (C=O) groups is 1. The van der Waals surface area contributed by atoms with Gasteiger partial charge in [0.1, 0.15) is 11.8 Å². The van der Waals surface area contributed by atoms with Crippen LogP contribution in [0.25, 0.3) is 0 Å². The van der Waals surface area contributed by atoms with Crippen LogP contribution < -0.4 is 0 Å². The van der Waals surface area contributed by atoms with Crippen molar-refractivity contribution >= 4 is 5.91 Å². The zero-order valence-corrected chi connectivity index (χ0v) is 9.89. The standard InChI is InChI=1S/C13H15N3O/c1-2-10-6-13(17)16(8-10)9-11-4-3-5-15-12(11)7-14/h3-5,10H,2,6,8-9H2,1H3. The molecule has 0 saturated carbocycles. The highest BCUT2D eigenvalue weighted by atomic mass is 16.2. The Hall–Kier alpha value is -1.89. The Morgan fingerprint density at radius 1 is 1.65 bits per heavy atom. The average Bonchev–Trinajstić information content (AvgIpc) is 2.71. The van der Waals surface area contributed by atoms with Crippen molar-refractivity contribution in [3.8, 4) is 6.07 Å². The quantitative estimate of drug-likeness (QED) is 0.792. The molecule has 4 heteroatoms. The predicted octanol–water partition coefficient (Wildman–Crippen LogP) is 1.71. The third-order valence-electron chi connectivity index (χ3n) is 3.23. The van der Waals surface area contributed by atoms with Crippen molar-refractivity contribution in [2.45, 2.75) is 26.3 Å². The number of rotatable bonds is 3. The molecular weight excluding hydrogens is 214 g/mol. The van der Waals surface area contributed by atoms with Crippen molar-refractivity contribution in [1.82, 2.24) is 9.88 Å². The average molecular weight is 229 g/mol. The largest absolute Gasteiger partial charge is 0.338 e. The number of aromatic nitrogens is 1. The molecule has 88 valence electrons. The number of pyridine rings is 1. The lowest BCUT2D eigenvalue weighted by atomic mass is 10.1. The van der Waals surface area contributed by atoms with Gasteiger partial charge in [-0.15, -0.1) is 0 Å². The minimum atomic E-state index is 0.185. The van der Waals surface area contributed by atoms with E-state index in [1.54, 1.807) is 12.3 Å². The second-order valence-corrected chi connectivity index (χ2v) is 4.38. The van der Waals surface area contributed by atoms with E-state index in [1.165, 1.54) is 0 Å². The SMILES string of the molecule is CCC1CC(=O)N(Cc2cccnc2C#N)C1. The van der Waals surface area contributed by atoms with Crippen LogP contribution in [0.5, 0.6) is 0 Å². The first-order valence-corrected chi connectivity index (χ1v) is 5.86. The highest BCUT2D eigenvalue weighted by molar-refractivity contribution is 5.78. The molecule has 2 heterocycles. The van der Waals surface area contributed by atoms with Crippen LogP contribution in [-0.2, 0) is 11.3 Å². The van der Waals surface area contributed by atoms with E-state index in [0.29, 0.717) is 24.6 Å². The molecule has 0 radical (unpaired) electrons. The van der Waals surface area contributed by atoms with Crippen LogP contribution in [0.1, 0.15) is 31.0 Å². The Balaban J connectivity index is 2.12. The first-order chi connectivity index (χ1) is 8.24. The fourth-order valence-corrected chi connectivity index (χ4v) is 2.15. The summed E-state index contributed by atoms with van der Waals surface area (Å²) in [6, 6.07) is 5.72. The Labute approximate surface area is 101 Å². The summed E-state index contributed by atoms with van der Waals surface area (Å²) in [7, 11) is 0. The summed E-state index contributed by atoms with van der Waals surface area (Å²) in [6.07, 6.45) is 3.27. The predicted molar refractivity (Wildman–Crippen MR) is 62.8 cm³/mol. The number of hydrogen-bond donors (Lipinski definition) is 0. The van der Waals surface area contributed by atoms with Crippen molar-refractivity contribution in [3.05, 3.63) is 29.6 Å². The number of nitriles is 1. The molecule has 0 spiro atoms. The summed E-state index contributed by atoms with van der Waals surface area (Å²) in [6.45, 7) is 3.41. The molecule has 1 amide bonds. The molecule has 1 aliphatic heterocycles. The van der Waals surface area contributed by atoms with Gasteiger partial charge in [-0.25, -0.2) is 4.98 Å². The van der Waals surface area contributed by atoms with Gasteiger partial charge in [0.25, 0.3) is 0 Å². The fraction of sp³-hybridized carbons (Fsp3) is 0.462. The number of hydrogen-bond acceptors (Lipinski definition) is 3. The van der Waals surface area contributed by atoms with Crippen LogP contribution in [0, 0.1) is 17.2 Å². The summed E-state index contributed by atoms with van der Waals surface area (Å²) in [5.74, 6) is 0.648. The molecule has 1 aromatic rings. The third kappa shape index (κ3) is 2.44. The molecule has 1 unspecified atom stereocenters. The first kappa shape index (κ1) is 11.6. The molecule has 0 aromatic carbocycles. The van der Waals surface area contributed by atoms with Crippen molar-refractivity contribution in [2.75, 3.05) is 6.54 Å². The molecule has 17 heavy (non-hydrogen) atoms. The van der Waals surface area contributed by atoms with Gasteiger partial charge in [-0.05, 0) is 12.0 Å². The first-order valence-electron chi connectivity index (χ1n) is 5.86. The number of carbonyl (C=O) groups excluding carboxylic acids is 1. The van der Waals surface area contributed by atoms with Crippen molar-refractivity contribution in [3.63, 3.8) is 0 Å². The molecule has 2 rings (SSSR count). The zero-order valence-electron chi connectivity index (χ0n) is 9.89. The van der Waals surface area contributed by atoms with Crippen LogP contribution in [-0.4, -0.2) is 22.3 Å². The molecule has 1 atom stereocenters. The number of amides is 1. The number of likely N-dealkylation sites (tertiary alicyclic amines) is 1. The summed E-state index contributed by atoms with van der Waals surface area (Å²) >= 11 is 0. The van der Waals surface area contributed by atoms with Gasteiger partial charge in [-0.3, -0.25) is 4.79 Å². The summed E-state index contributed by atoms with van der Waals surface area (Å²) < 4.78 is 0. The minimum absolute atomic E-state index is 0.185. The smallest absolute Gasteiger partial charge is 0.223 e. The topological polar surface area (TPSA) is 57.0 Å². The second kappa shape index (κ2) is 4.96. The normalized spacial score (nSPS) is 19.4. The van der Waals surface area contributed by atoms with Crippen LogP contribution in [0.4, 0.5) is 0 Å². The molecule has 0 aliphatic carbocycles. The van der Waals surface area contributed by atoms with Gasteiger partial charge >= 0.3 is 0 Å². The minimum Gasteiger partial charge on any atom is -0.338 e. The van der Waals surface area contributed by atoms with E-state index in [-0.39, 0.29) is 5.91 Å². The molecule has 1 fully saturated rings. The van der Waals surface area contributed by atoms with Gasteiger partial charge in [-0.2, -0.15) is 5.26 Å². The van der Waals surface area contributed by atoms with Gasteiger partial charge in [0.05, 0.1) is 0 Å². The Morgan fingerprint density at radius 2 is 2.47 bits per heavy atom. The highest BCUT2D eigenvalue weighted by Gasteiger charge is 2.28. The molecule has 1 aliphatic rings. The lowest BCUT2D eigenvalue weighted by molar-refractivity contribution is -0.128. The van der Waals surface area contributed by atoms with Crippen molar-refractivity contribution in [1.29, 1.82) is 5.26 Å². The van der Waals surface area contributed by atoms with E-state index in [0.717, 1.165) is 18.5 Å². The van der Waals surface area contributed by atoms with E-state index < -0.39 is 0 Å². The maximum atomic E-state index is 11.8. The second-order valence-electron chi connectivity index (χ2n) is 4.38. The van der Waals surface area contributed by atoms with E-state index >= 15 is 0 Å². The Kier molecular flexibility index (Phi) is 3.38. The van der Waals surface area contributed by atoms with Gasteiger partial charge in [0.2, 0.25) is 5.91 Å². The lowest BCUT2D eigenvalue weighted by Gasteiger charge is -2.16. The third-order valence-corrected chi connectivity index (χ3v) is 3.23. The highest BCUT2D eigenvalue weighted by Crippen LogP contribution is 2.22. The Bertz CT molecular complexity index is 464. The van der Waals surface area contributed by atoms with Gasteiger partial charge in [0, 0.05) is 31.3 Å². The van der Waals surface area contributed by atoms with Gasteiger partial charge in [0.15, 0.2) is 0 Å². The van der Waals surface area contributed by atoms with Gasteiger partial charge < -0.3 is 4.90 Å². The molecular formula is C13H15N3O. The van der Waals surface area contributed by atoms with E-state index in [2.05, 4.69) is 18.0 Å². The van der Waals surface area contributed by atoms with E-state index in [4.69, 9.17) is 5.26 Å². The number of nitrogens with zero attached hydrogens (tertiary/aromatic N) is 3. The molecule has 1 aromatic heterocycles. The van der Waals surface area contributed by atoms with Crippen LogP contribution in [0.15, 0.2) is 18.3 Å². The lowest BCUT2D eigenvalue weighted by Crippen LogP contribution is -2.25. The Morgan fingerprint density at radius 3 is 3.12 bits per heavy atom. The van der Waals surface area contributed by atoms with Crippen LogP contribution in [0.2, 0.25) is 0 Å². The summed E-state index contributed by atoms with van der Waals surface area (Å²) in [5.41, 5.74) is 1.25. The van der Waals surface area contributed by atoms with Crippen molar-refractivity contribution < 1.29 is 4.79 Å². The maximum Gasteiger partial charge on any atom is 0.223 e. The maximum absolute atomic E-state index is 11.8. The fourth-order valence-electron chi connectivity index (χ4n) is 2.15. The van der Waals surface area contributed by atoms with Crippen LogP contribution >= 0.6 is 0 Å². The molecule has 4 nitrogen and oxygen atoms in total. The zero-order chi connectivity index (χ0) is 12.3. The van der Waals surface area contributed by atoms with E-state index in [9.17, 15) is 4.79 Å².